The van der Waals surface area contributed by atoms with Crippen molar-refractivity contribution in [3.63, 3.8) is 0 Å². The summed E-state index contributed by atoms with van der Waals surface area (Å²) in [5, 5.41) is 21.8. The molecule has 5 fully saturated rings. The summed E-state index contributed by atoms with van der Waals surface area (Å²) in [5.41, 5.74) is 1.20. The maximum atomic E-state index is 14.2. The highest BCUT2D eigenvalue weighted by Crippen LogP contribution is 2.64. The van der Waals surface area contributed by atoms with Gasteiger partial charge in [0.05, 0.1) is 11.0 Å². The van der Waals surface area contributed by atoms with Crippen LogP contribution in [0.4, 0.5) is 0 Å². The van der Waals surface area contributed by atoms with Crippen LogP contribution in [0.2, 0.25) is 0 Å². The lowest BCUT2D eigenvalue weighted by Gasteiger charge is -2.64. The van der Waals surface area contributed by atoms with Gasteiger partial charge in [-0.1, -0.05) is 32.9 Å². The number of phenols is 1. The van der Waals surface area contributed by atoms with Gasteiger partial charge >= 0.3 is 0 Å². The molecule has 1 aliphatic heterocycles. The van der Waals surface area contributed by atoms with Gasteiger partial charge in [-0.05, 0) is 85.8 Å². The minimum atomic E-state index is -0.614. The molecule has 4 heteroatoms. The molecule has 4 atom stereocenters. The number of aliphatic hydroxyl groups is 1. The zero-order valence-corrected chi connectivity index (χ0v) is 18.6. The lowest BCUT2D eigenvalue weighted by Crippen LogP contribution is -2.68. The topological polar surface area (TPSA) is 60.8 Å². The van der Waals surface area contributed by atoms with Crippen molar-refractivity contribution in [2.45, 2.75) is 89.2 Å². The smallest absolute Gasteiger partial charge is 0.229 e. The van der Waals surface area contributed by atoms with E-state index in [-0.39, 0.29) is 22.3 Å². The van der Waals surface area contributed by atoms with Crippen molar-refractivity contribution in [3.8, 4) is 5.75 Å². The van der Waals surface area contributed by atoms with Gasteiger partial charge in [-0.3, -0.25) is 4.79 Å². The first kappa shape index (κ1) is 19.2. The highest BCUT2D eigenvalue weighted by molar-refractivity contribution is 5.84. The normalized spacial score (nSPS) is 45.3. The Hall–Kier alpha value is -1.55. The fourth-order valence-corrected chi connectivity index (χ4v) is 8.94. The first-order valence-electron chi connectivity index (χ1n) is 11.9. The van der Waals surface area contributed by atoms with Crippen LogP contribution in [0.15, 0.2) is 18.2 Å². The van der Waals surface area contributed by atoms with E-state index in [1.165, 1.54) is 12.0 Å². The molecule has 2 N–H and O–H groups in total. The van der Waals surface area contributed by atoms with Gasteiger partial charge in [0.15, 0.2) is 0 Å². The molecule has 1 heterocycles. The number of likely N-dealkylation sites (tertiary alicyclic amines) is 1. The van der Waals surface area contributed by atoms with Crippen LogP contribution < -0.4 is 0 Å². The van der Waals surface area contributed by atoms with Crippen molar-refractivity contribution in [2.75, 3.05) is 6.54 Å². The van der Waals surface area contributed by atoms with Gasteiger partial charge in [0.2, 0.25) is 5.91 Å². The van der Waals surface area contributed by atoms with E-state index >= 15 is 0 Å². The van der Waals surface area contributed by atoms with Crippen molar-refractivity contribution in [3.05, 3.63) is 29.3 Å². The Balaban J connectivity index is 1.40. The number of amides is 1. The fourth-order valence-electron chi connectivity index (χ4n) is 8.94. The summed E-state index contributed by atoms with van der Waals surface area (Å²) in [7, 11) is 0. The van der Waals surface area contributed by atoms with Crippen LogP contribution in [0, 0.1) is 22.7 Å². The average molecular weight is 410 g/mol. The average Bonchev–Trinajstić information content (AvgIpc) is 2.63. The highest BCUT2D eigenvalue weighted by atomic mass is 16.3. The molecule has 7 rings (SSSR count). The SMILES string of the molecule is CC1(C)[C@H]2Cc3c(O)cccc3[C@]1(C)CCN2C(=O)C12CC3CC(CC(O)(C3)C1)C2. The molecule has 30 heavy (non-hydrogen) atoms. The summed E-state index contributed by atoms with van der Waals surface area (Å²) in [6.45, 7) is 7.75. The quantitative estimate of drug-likeness (QED) is 0.732. The van der Waals surface area contributed by atoms with E-state index in [0.717, 1.165) is 50.6 Å². The van der Waals surface area contributed by atoms with Gasteiger partial charge in [0.1, 0.15) is 5.75 Å². The monoisotopic (exact) mass is 409 g/mol. The molecule has 5 aliphatic carbocycles. The van der Waals surface area contributed by atoms with Crippen molar-refractivity contribution in [1.29, 1.82) is 0 Å². The predicted molar refractivity (Wildman–Crippen MR) is 115 cm³/mol. The summed E-state index contributed by atoms with van der Waals surface area (Å²) in [6.07, 6.45) is 7.23. The Morgan fingerprint density at radius 2 is 1.80 bits per heavy atom. The number of rotatable bonds is 1. The van der Waals surface area contributed by atoms with Gasteiger partial charge in [0, 0.05) is 18.0 Å². The summed E-state index contributed by atoms with van der Waals surface area (Å²) in [6, 6.07) is 6.02. The molecule has 4 saturated carbocycles. The number of fused-ring (bicyclic) bond motifs is 4. The zero-order chi connectivity index (χ0) is 21.1. The second kappa shape index (κ2) is 5.62. The van der Waals surface area contributed by atoms with Gasteiger partial charge in [-0.25, -0.2) is 0 Å². The molecule has 1 aromatic carbocycles. The van der Waals surface area contributed by atoms with E-state index in [1.807, 2.05) is 6.07 Å². The number of carbonyl (C=O) groups is 1. The lowest BCUT2D eigenvalue weighted by molar-refractivity contribution is -0.193. The van der Waals surface area contributed by atoms with Crippen molar-refractivity contribution in [2.24, 2.45) is 22.7 Å². The second-order valence-electron chi connectivity index (χ2n) is 12.3. The number of piperidine rings is 1. The first-order valence-corrected chi connectivity index (χ1v) is 11.9. The first-order chi connectivity index (χ1) is 14.1. The number of phenolic OH excluding ortho intramolecular Hbond substituents is 1. The molecule has 162 valence electrons. The standard InChI is InChI=1S/C26H35NO3/c1-23(2)21-10-18-19(5-4-6-20(18)28)24(23,3)7-8-27(21)22(29)25-11-16-9-17(12-25)14-26(30,13-16)15-25/h4-6,16-17,21,28,30H,7-15H2,1-3H3/t16?,17?,21-,24+,25?,26?/m1/s1. The third-order valence-corrected chi connectivity index (χ3v) is 10.4. The molecule has 4 nitrogen and oxygen atoms in total. The maximum Gasteiger partial charge on any atom is 0.229 e. The Kier molecular flexibility index (Phi) is 3.59. The Bertz CT molecular complexity index is 922. The van der Waals surface area contributed by atoms with Crippen molar-refractivity contribution in [1.82, 2.24) is 4.90 Å². The van der Waals surface area contributed by atoms with E-state index in [0.29, 0.717) is 29.9 Å². The Morgan fingerprint density at radius 3 is 2.47 bits per heavy atom. The Morgan fingerprint density at radius 1 is 1.10 bits per heavy atom. The zero-order valence-electron chi connectivity index (χ0n) is 18.6. The lowest BCUT2D eigenvalue weighted by atomic mass is 9.46. The Labute approximate surface area is 179 Å². The van der Waals surface area contributed by atoms with Crippen LogP contribution in [0.25, 0.3) is 0 Å². The minimum absolute atomic E-state index is 0.0551. The summed E-state index contributed by atoms with van der Waals surface area (Å²) < 4.78 is 0. The summed E-state index contributed by atoms with van der Waals surface area (Å²) >= 11 is 0. The van der Waals surface area contributed by atoms with Gasteiger partial charge < -0.3 is 15.1 Å². The number of carbonyl (C=O) groups excluding carboxylic acids is 1. The van der Waals surface area contributed by atoms with E-state index in [1.54, 1.807) is 6.07 Å². The van der Waals surface area contributed by atoms with Crippen LogP contribution in [0.1, 0.15) is 76.8 Å². The van der Waals surface area contributed by atoms with Crippen LogP contribution in [-0.2, 0) is 16.6 Å². The molecule has 0 spiro atoms. The molecule has 6 bridgehead atoms. The predicted octanol–water partition coefficient (Wildman–Crippen LogP) is 4.16. The molecular formula is C26H35NO3. The van der Waals surface area contributed by atoms with Crippen molar-refractivity contribution < 1.29 is 15.0 Å². The number of hydrogen-bond acceptors (Lipinski definition) is 3. The van der Waals surface area contributed by atoms with Crippen LogP contribution in [0.3, 0.4) is 0 Å². The van der Waals surface area contributed by atoms with Gasteiger partial charge in [-0.2, -0.15) is 0 Å². The molecule has 6 aliphatic rings. The largest absolute Gasteiger partial charge is 0.508 e. The highest BCUT2D eigenvalue weighted by Gasteiger charge is 2.64. The van der Waals surface area contributed by atoms with E-state index < -0.39 is 5.60 Å². The third-order valence-electron chi connectivity index (χ3n) is 10.4. The maximum absolute atomic E-state index is 14.2. The second-order valence-corrected chi connectivity index (χ2v) is 12.3. The number of benzene rings is 1. The molecular weight excluding hydrogens is 374 g/mol. The van der Waals surface area contributed by atoms with E-state index in [2.05, 4.69) is 31.7 Å². The van der Waals surface area contributed by atoms with Gasteiger partial charge in [0.25, 0.3) is 0 Å². The molecule has 2 unspecified atom stereocenters. The molecule has 1 amide bonds. The molecule has 0 radical (unpaired) electrons. The van der Waals surface area contributed by atoms with Crippen LogP contribution in [0.5, 0.6) is 5.75 Å². The fraction of sp³-hybridized carbons (Fsp3) is 0.731. The minimum Gasteiger partial charge on any atom is -0.508 e. The van der Waals surface area contributed by atoms with E-state index in [9.17, 15) is 15.0 Å². The summed E-state index contributed by atoms with van der Waals surface area (Å²) in [5.74, 6) is 1.70. The van der Waals surface area contributed by atoms with Crippen LogP contribution in [-0.4, -0.2) is 39.2 Å². The van der Waals surface area contributed by atoms with E-state index in [4.69, 9.17) is 0 Å². The number of nitrogens with zero attached hydrogens (tertiary/aromatic N) is 1. The number of aromatic hydroxyl groups is 1. The third kappa shape index (κ3) is 2.24. The molecule has 0 aromatic heterocycles. The summed E-state index contributed by atoms with van der Waals surface area (Å²) in [4.78, 5) is 16.4. The number of hydrogen-bond donors (Lipinski definition) is 2. The van der Waals surface area contributed by atoms with Crippen molar-refractivity contribution >= 4 is 5.91 Å². The molecule has 1 saturated heterocycles. The van der Waals surface area contributed by atoms with Crippen LogP contribution >= 0.6 is 0 Å². The molecule has 1 aromatic rings. The van der Waals surface area contributed by atoms with Gasteiger partial charge in [-0.15, -0.1) is 0 Å².